The van der Waals surface area contributed by atoms with Gasteiger partial charge in [-0.25, -0.2) is 9.20 Å². The first-order valence-electron chi connectivity index (χ1n) is 9.11. The van der Waals surface area contributed by atoms with Crippen molar-refractivity contribution in [2.24, 2.45) is 0 Å². The van der Waals surface area contributed by atoms with Crippen LogP contribution in [0.3, 0.4) is 0 Å². The molecule has 9 heteroatoms. The van der Waals surface area contributed by atoms with Crippen molar-refractivity contribution in [2.45, 2.75) is 6.54 Å². The Morgan fingerprint density at radius 3 is 2.53 bits per heavy atom. The summed E-state index contributed by atoms with van der Waals surface area (Å²) in [7, 11) is 3.14. The van der Waals surface area contributed by atoms with E-state index in [1.807, 2.05) is 24.3 Å². The number of aromatic nitrogens is 4. The minimum absolute atomic E-state index is 0.227. The molecule has 0 aliphatic carbocycles. The molecule has 152 valence electrons. The van der Waals surface area contributed by atoms with Gasteiger partial charge < -0.3 is 14.8 Å². The van der Waals surface area contributed by atoms with E-state index in [1.165, 1.54) is 10.8 Å². The lowest BCUT2D eigenvalue weighted by Gasteiger charge is -2.08. The highest BCUT2D eigenvalue weighted by Crippen LogP contribution is 2.21. The van der Waals surface area contributed by atoms with Crippen molar-refractivity contribution in [1.29, 1.82) is 0 Å². The molecule has 2 aromatic carbocycles. The second kappa shape index (κ2) is 8.08. The summed E-state index contributed by atoms with van der Waals surface area (Å²) in [5.41, 5.74) is 1.94. The monoisotopic (exact) mass is 405 g/mol. The number of carbonyl (C=O) groups is 1. The summed E-state index contributed by atoms with van der Waals surface area (Å²) in [5, 5.41) is 11.2. The van der Waals surface area contributed by atoms with Crippen LogP contribution in [0.5, 0.6) is 11.5 Å². The van der Waals surface area contributed by atoms with Crippen LogP contribution in [-0.4, -0.2) is 39.5 Å². The highest BCUT2D eigenvalue weighted by atomic mass is 16.5. The summed E-state index contributed by atoms with van der Waals surface area (Å²) in [6.45, 7) is -0.227. The number of benzene rings is 2. The SMILES string of the molecule is COc1ccc(-c2cc3c(=O)n(CC(=O)Nc4cccc(OC)c4)ncn3n2)cc1. The van der Waals surface area contributed by atoms with E-state index < -0.39 is 5.56 Å². The van der Waals surface area contributed by atoms with Gasteiger partial charge in [-0.05, 0) is 42.5 Å². The molecule has 1 N–H and O–H groups in total. The summed E-state index contributed by atoms with van der Waals surface area (Å²) < 4.78 is 12.8. The molecule has 0 aliphatic rings. The summed E-state index contributed by atoms with van der Waals surface area (Å²) in [6.07, 6.45) is 1.41. The number of nitrogens with one attached hydrogen (secondary N) is 1. The van der Waals surface area contributed by atoms with E-state index >= 15 is 0 Å². The zero-order valence-corrected chi connectivity index (χ0v) is 16.4. The Labute approximate surface area is 171 Å². The van der Waals surface area contributed by atoms with Gasteiger partial charge in [0, 0.05) is 17.3 Å². The smallest absolute Gasteiger partial charge is 0.293 e. The van der Waals surface area contributed by atoms with Gasteiger partial charge in [-0.1, -0.05) is 6.07 Å². The third-order valence-electron chi connectivity index (χ3n) is 4.52. The van der Waals surface area contributed by atoms with Gasteiger partial charge in [-0.3, -0.25) is 9.59 Å². The average Bonchev–Trinajstić information content (AvgIpc) is 3.21. The van der Waals surface area contributed by atoms with Crippen LogP contribution in [0, 0.1) is 0 Å². The highest BCUT2D eigenvalue weighted by molar-refractivity contribution is 5.90. The Morgan fingerprint density at radius 2 is 1.80 bits per heavy atom. The van der Waals surface area contributed by atoms with Gasteiger partial charge in [0.1, 0.15) is 29.9 Å². The van der Waals surface area contributed by atoms with Crippen LogP contribution in [0.2, 0.25) is 0 Å². The molecule has 1 amide bonds. The van der Waals surface area contributed by atoms with Gasteiger partial charge in [0.2, 0.25) is 5.91 Å². The summed E-state index contributed by atoms with van der Waals surface area (Å²) >= 11 is 0. The van der Waals surface area contributed by atoms with E-state index in [1.54, 1.807) is 44.6 Å². The van der Waals surface area contributed by atoms with E-state index in [0.717, 1.165) is 16.0 Å². The average molecular weight is 405 g/mol. The second-order valence-electron chi connectivity index (χ2n) is 6.46. The number of anilines is 1. The normalized spacial score (nSPS) is 10.7. The zero-order valence-electron chi connectivity index (χ0n) is 16.4. The quantitative estimate of drug-likeness (QED) is 0.528. The number of fused-ring (bicyclic) bond motifs is 1. The van der Waals surface area contributed by atoms with Gasteiger partial charge in [0.25, 0.3) is 5.56 Å². The zero-order chi connectivity index (χ0) is 21.1. The third kappa shape index (κ3) is 3.86. The maximum absolute atomic E-state index is 12.8. The van der Waals surface area contributed by atoms with E-state index in [9.17, 15) is 9.59 Å². The van der Waals surface area contributed by atoms with Crippen LogP contribution >= 0.6 is 0 Å². The molecular formula is C21H19N5O4. The molecule has 0 atom stereocenters. The van der Waals surface area contributed by atoms with Gasteiger partial charge >= 0.3 is 0 Å². The Hall–Kier alpha value is -4.14. The molecule has 9 nitrogen and oxygen atoms in total. The molecule has 0 saturated carbocycles. The molecule has 0 spiro atoms. The minimum atomic E-state index is -0.412. The number of carbonyl (C=O) groups excluding carboxylic acids is 1. The van der Waals surface area contributed by atoms with Gasteiger partial charge in [0.05, 0.1) is 19.9 Å². The molecular weight excluding hydrogens is 386 g/mol. The number of hydrogen-bond donors (Lipinski definition) is 1. The summed E-state index contributed by atoms with van der Waals surface area (Å²) in [4.78, 5) is 25.2. The first kappa shape index (κ1) is 19.2. The van der Waals surface area contributed by atoms with Crippen LogP contribution in [-0.2, 0) is 11.3 Å². The Kier molecular flexibility index (Phi) is 5.17. The van der Waals surface area contributed by atoms with Crippen molar-refractivity contribution in [3.8, 4) is 22.8 Å². The van der Waals surface area contributed by atoms with Crippen LogP contribution in [0.4, 0.5) is 5.69 Å². The van der Waals surface area contributed by atoms with E-state index in [-0.39, 0.29) is 12.5 Å². The molecule has 2 aromatic heterocycles. The van der Waals surface area contributed by atoms with Gasteiger partial charge in [-0.2, -0.15) is 10.2 Å². The van der Waals surface area contributed by atoms with Crippen molar-refractivity contribution in [3.05, 3.63) is 71.3 Å². The van der Waals surface area contributed by atoms with Crippen molar-refractivity contribution in [2.75, 3.05) is 19.5 Å². The lowest BCUT2D eigenvalue weighted by Crippen LogP contribution is -2.30. The molecule has 4 aromatic rings. The number of rotatable bonds is 6. The fourth-order valence-electron chi connectivity index (χ4n) is 2.99. The van der Waals surface area contributed by atoms with Gasteiger partial charge in [0.15, 0.2) is 0 Å². The maximum Gasteiger partial charge on any atom is 0.293 e. The lowest BCUT2D eigenvalue weighted by molar-refractivity contribution is -0.117. The summed E-state index contributed by atoms with van der Waals surface area (Å²) in [6, 6.07) is 16.0. The molecule has 0 fully saturated rings. The number of ether oxygens (including phenoxy) is 2. The molecule has 2 heterocycles. The van der Waals surface area contributed by atoms with Crippen molar-refractivity contribution >= 4 is 17.1 Å². The second-order valence-corrected chi connectivity index (χ2v) is 6.46. The van der Waals surface area contributed by atoms with Crippen molar-refractivity contribution in [1.82, 2.24) is 19.4 Å². The maximum atomic E-state index is 12.8. The fraction of sp³-hybridized carbons (Fsp3) is 0.143. The number of nitrogens with zero attached hydrogens (tertiary/aromatic N) is 4. The topological polar surface area (TPSA) is 99.8 Å². The Bertz CT molecular complexity index is 1260. The molecule has 0 unspecified atom stereocenters. The fourth-order valence-corrected chi connectivity index (χ4v) is 2.99. The number of methoxy groups -OCH3 is 2. The highest BCUT2D eigenvalue weighted by Gasteiger charge is 2.13. The minimum Gasteiger partial charge on any atom is -0.497 e. The van der Waals surface area contributed by atoms with E-state index in [4.69, 9.17) is 9.47 Å². The molecule has 4 rings (SSSR count). The van der Waals surface area contributed by atoms with Gasteiger partial charge in [-0.15, -0.1) is 0 Å². The number of hydrogen-bond acceptors (Lipinski definition) is 6. The van der Waals surface area contributed by atoms with E-state index in [2.05, 4.69) is 15.5 Å². The number of amides is 1. The van der Waals surface area contributed by atoms with E-state index in [0.29, 0.717) is 22.6 Å². The molecule has 0 radical (unpaired) electrons. The van der Waals surface area contributed by atoms with Crippen LogP contribution < -0.4 is 20.3 Å². The molecule has 0 bridgehead atoms. The van der Waals surface area contributed by atoms with Crippen molar-refractivity contribution in [3.63, 3.8) is 0 Å². The standard InChI is InChI=1S/C21H19N5O4/c1-29-16-8-6-14(7-9-16)18-11-19-21(28)25(22-13-26(19)24-18)12-20(27)23-15-4-3-5-17(10-15)30-2/h3-11,13H,12H2,1-2H3,(H,23,27). The van der Waals surface area contributed by atoms with Crippen molar-refractivity contribution < 1.29 is 14.3 Å². The third-order valence-corrected chi connectivity index (χ3v) is 4.52. The predicted molar refractivity (Wildman–Crippen MR) is 111 cm³/mol. The Balaban J connectivity index is 1.56. The first-order valence-corrected chi connectivity index (χ1v) is 9.11. The predicted octanol–water partition coefficient (Wildman–Crippen LogP) is 2.21. The first-order chi connectivity index (χ1) is 14.6. The molecule has 0 saturated heterocycles. The Morgan fingerprint density at radius 1 is 1.03 bits per heavy atom. The summed E-state index contributed by atoms with van der Waals surface area (Å²) in [5.74, 6) is 0.973. The molecule has 30 heavy (non-hydrogen) atoms. The van der Waals surface area contributed by atoms with Crippen LogP contribution in [0.25, 0.3) is 16.8 Å². The molecule has 0 aliphatic heterocycles. The lowest BCUT2D eigenvalue weighted by atomic mass is 10.1. The van der Waals surface area contributed by atoms with Crippen LogP contribution in [0.15, 0.2) is 65.7 Å². The largest absolute Gasteiger partial charge is 0.497 e. The van der Waals surface area contributed by atoms with Crippen LogP contribution in [0.1, 0.15) is 0 Å².